The van der Waals surface area contributed by atoms with Crippen LogP contribution in [0.2, 0.25) is 25.1 Å². The molecule has 0 spiro atoms. The van der Waals surface area contributed by atoms with Gasteiger partial charge < -0.3 is 26.5 Å². The zero-order chi connectivity index (χ0) is 105. The molecule has 10 aromatic carbocycles. The van der Waals surface area contributed by atoms with Crippen molar-refractivity contribution in [3.63, 3.8) is 0 Å². The van der Waals surface area contributed by atoms with E-state index >= 15 is 0 Å². The highest BCUT2D eigenvalue weighted by atomic mass is 79.9. The van der Waals surface area contributed by atoms with Crippen LogP contribution >= 0.6 is 73.9 Å². The van der Waals surface area contributed by atoms with E-state index in [0.29, 0.717) is 131 Å². The summed E-state index contributed by atoms with van der Waals surface area (Å²) in [6.07, 6.45) is 11.9. The van der Waals surface area contributed by atoms with E-state index in [1.54, 1.807) is 122 Å². The number of carbonyl (C=O) groups excluding carboxylic acids is 6. The van der Waals surface area contributed by atoms with Crippen LogP contribution in [0.25, 0.3) is 67.9 Å². The number of nitrogens with zero attached hydrogens (tertiary/aromatic N) is 10. The molecule has 0 radical (unpaired) electrons. The van der Waals surface area contributed by atoms with Gasteiger partial charge in [0.05, 0.1) is 96.8 Å². The van der Waals surface area contributed by atoms with Gasteiger partial charge in [-0.1, -0.05) is 232 Å². The van der Waals surface area contributed by atoms with Crippen molar-refractivity contribution < 1.29 is 70.0 Å². The predicted molar refractivity (Wildman–Crippen MR) is 578 cm³/mol. The molecular formula is C113H88BrCl5N10O18. The number of rotatable bonds is 35. The van der Waals surface area contributed by atoms with Crippen molar-refractivity contribution >= 4 is 163 Å². The van der Waals surface area contributed by atoms with E-state index in [-0.39, 0.29) is 101 Å². The Bertz CT molecular complexity index is 7450. The number of nitro groups is 3. The summed E-state index contributed by atoms with van der Waals surface area (Å²) in [5.41, 5.74) is 9.87. The second-order valence-electron chi connectivity index (χ2n) is 31.8. The van der Waals surface area contributed by atoms with Crippen molar-refractivity contribution in [1.29, 1.82) is 0 Å². The molecule has 34 heteroatoms. The number of hydrogen-bond donors (Lipinski definition) is 0. The van der Waals surface area contributed by atoms with Crippen LogP contribution in [0.15, 0.2) is 395 Å². The normalized spacial score (nSPS) is 11.0. The highest BCUT2D eigenvalue weighted by Gasteiger charge is 2.20. The molecule has 17 aromatic rings. The van der Waals surface area contributed by atoms with Crippen molar-refractivity contribution in [3.05, 3.63) is 467 Å². The van der Waals surface area contributed by atoms with Gasteiger partial charge in [-0.2, -0.15) is 0 Å². The number of nitro benzene ring substituents is 3. The molecule has 0 bridgehead atoms. The highest BCUT2D eigenvalue weighted by Crippen LogP contribution is 2.37. The fourth-order valence-electron chi connectivity index (χ4n) is 13.3. The summed E-state index contributed by atoms with van der Waals surface area (Å²) in [6, 6.07) is 95.6. The average Bonchev–Trinajstić information content (AvgIpc) is 1.64. The Hall–Kier alpha value is -16.8. The summed E-state index contributed by atoms with van der Waals surface area (Å²) in [7, 11) is 0. The van der Waals surface area contributed by atoms with Gasteiger partial charge in [-0.05, 0) is 176 Å². The number of Topliss-reactive ketones (excluding diaryl/α,β-unsaturated/α-hetero) is 6. The maximum absolute atomic E-state index is 12.2. The fraction of sp³-hybridized carbons (Fsp3) is 0.106. The zero-order valence-electron chi connectivity index (χ0n) is 78.7. The van der Waals surface area contributed by atoms with Gasteiger partial charge in [0.25, 0.3) is 17.1 Å². The van der Waals surface area contributed by atoms with Crippen LogP contribution in [-0.4, -0.2) is 131 Å². The van der Waals surface area contributed by atoms with Crippen molar-refractivity contribution in [3.8, 4) is 67.9 Å². The summed E-state index contributed by atoms with van der Waals surface area (Å²) in [5, 5.41) is 34.0. The molecule has 0 fully saturated rings. The Balaban J connectivity index is 0.000000157. The van der Waals surface area contributed by atoms with E-state index in [9.17, 15) is 59.1 Å². The number of halogens is 6. The van der Waals surface area contributed by atoms with Crippen molar-refractivity contribution in [2.24, 2.45) is 30.0 Å². The third-order valence-electron chi connectivity index (χ3n) is 20.8. The number of aliphatic imine (C=N–C) groups is 6. The van der Waals surface area contributed by atoms with Crippen molar-refractivity contribution in [1.82, 2.24) is 4.98 Å². The van der Waals surface area contributed by atoms with Crippen LogP contribution < -0.4 is 0 Å². The molecule has 0 saturated heterocycles. The molecule has 0 aliphatic carbocycles. The molecule has 740 valence electrons. The molecular weight excluding hydrogens is 2040 g/mol. The molecule has 0 unspecified atom stereocenters. The molecule has 7 heterocycles. The molecule has 17 rings (SSSR count). The van der Waals surface area contributed by atoms with Gasteiger partial charge in [0.2, 0.25) is 5.78 Å². The number of carbonyl (C=O) groups is 6. The van der Waals surface area contributed by atoms with Crippen LogP contribution in [0, 0.1) is 44.2 Å². The van der Waals surface area contributed by atoms with Gasteiger partial charge in [0.1, 0.15) is 94.5 Å². The van der Waals surface area contributed by atoms with E-state index in [0.717, 1.165) is 49.4 Å². The number of aryl methyl sites for hydroxylation is 2. The van der Waals surface area contributed by atoms with Crippen LogP contribution in [-0.2, 0) is 27.2 Å². The van der Waals surface area contributed by atoms with Crippen LogP contribution in [0.5, 0.6) is 0 Å². The van der Waals surface area contributed by atoms with E-state index in [4.69, 9.17) is 84.5 Å². The standard InChI is InChI=1S/C20H16BrNO2.3C20H15ClN2O4.C18H12Cl2N2O2.C15H15NO2/c1-14-2-4-15(5-3-14)19(23)13-22-12-18-10-11-20(24-18)16-6-8-17(21)9-7-16;1-13-2-8-17(18(21)10-13)19(24)12-22-11-16-7-9-20(27-16)14-3-5-15(6-4-14)23(25)26;2*21-19-11-15(23(25)26)6-8-18(19)20-9-7-17(27-20)13-22-12-16(24)10-14-4-2-1-3-5-14;19-14-5-3-4-13(18(14)20)17-8-7-12(24-17)10-21-11-16(23)15-6-1-2-9-22-15;1-2-13(17)10-16-11-14-8-9-15(18-14)12-6-4-3-5-7-12/h2-12H,13H2,1H3;2-11H,12H2,1H3;2*1-9,11,13H,10,12H2;1-10H,11H2;3-9,11H,2,10H2,1H3. The first kappa shape index (κ1) is 109. The van der Waals surface area contributed by atoms with Gasteiger partial charge in [-0.3, -0.25) is 94.0 Å². The molecule has 147 heavy (non-hydrogen) atoms. The molecule has 0 amide bonds. The first-order chi connectivity index (χ1) is 71.0. The predicted octanol–water partition coefficient (Wildman–Crippen LogP) is 28.2. The number of pyridine rings is 1. The second kappa shape index (κ2) is 55.7. The third kappa shape index (κ3) is 34.5. The number of furan rings is 6. The summed E-state index contributed by atoms with van der Waals surface area (Å²) < 4.78 is 35.0. The number of benzene rings is 10. The molecule has 0 N–H and O–H groups in total. The molecule has 0 saturated carbocycles. The van der Waals surface area contributed by atoms with Gasteiger partial charge >= 0.3 is 0 Å². The minimum Gasteiger partial charge on any atom is -0.455 e. The lowest BCUT2D eigenvalue weighted by atomic mass is 10.1. The topological polar surface area (TPSA) is 398 Å². The van der Waals surface area contributed by atoms with Gasteiger partial charge in [0.15, 0.2) is 28.9 Å². The van der Waals surface area contributed by atoms with Crippen LogP contribution in [0.3, 0.4) is 0 Å². The third-order valence-corrected chi connectivity index (χ3v) is 23.1. The van der Waals surface area contributed by atoms with E-state index in [2.05, 4.69) is 50.9 Å². The summed E-state index contributed by atoms with van der Waals surface area (Å²) in [5.74, 6) is 6.65. The van der Waals surface area contributed by atoms with E-state index < -0.39 is 14.8 Å². The summed E-state index contributed by atoms with van der Waals surface area (Å²) in [4.78, 5) is 131. The Labute approximate surface area is 876 Å². The summed E-state index contributed by atoms with van der Waals surface area (Å²) in [6.45, 7) is 6.13. The lowest BCUT2D eigenvalue weighted by Crippen LogP contribution is -2.06. The zero-order valence-corrected chi connectivity index (χ0v) is 84.0. The minimum absolute atomic E-state index is 0.00245. The molecule has 28 nitrogen and oxygen atoms in total. The van der Waals surface area contributed by atoms with Gasteiger partial charge in [-0.25, -0.2) is 0 Å². The Morgan fingerprint density at radius 1 is 0.327 bits per heavy atom. The molecule has 0 aliphatic heterocycles. The monoisotopic (exact) mass is 2130 g/mol. The second-order valence-corrected chi connectivity index (χ2v) is 34.7. The minimum atomic E-state index is -0.512. The average molecular weight is 2130 g/mol. The van der Waals surface area contributed by atoms with E-state index in [1.165, 1.54) is 73.4 Å². The van der Waals surface area contributed by atoms with Crippen LogP contribution in [0.1, 0.15) is 101 Å². The molecule has 0 atom stereocenters. The largest absolute Gasteiger partial charge is 0.455 e. The molecule has 7 aromatic heterocycles. The maximum Gasteiger partial charge on any atom is 0.270 e. The number of ketones is 6. The Morgan fingerprint density at radius 2 is 0.694 bits per heavy atom. The number of non-ortho nitro benzene ring substituents is 3. The fourth-order valence-corrected chi connectivity index (χ4v) is 14.9. The van der Waals surface area contributed by atoms with E-state index in [1.807, 2.05) is 197 Å². The number of aromatic nitrogens is 1. The first-order valence-corrected chi connectivity index (χ1v) is 47.7. The Morgan fingerprint density at radius 3 is 1.11 bits per heavy atom. The van der Waals surface area contributed by atoms with Crippen molar-refractivity contribution in [2.75, 3.05) is 39.3 Å². The smallest absolute Gasteiger partial charge is 0.270 e. The lowest BCUT2D eigenvalue weighted by Gasteiger charge is -2.02. The van der Waals surface area contributed by atoms with Crippen LogP contribution in [0.4, 0.5) is 17.1 Å². The van der Waals surface area contributed by atoms with Gasteiger partial charge in [-0.15, -0.1) is 0 Å². The van der Waals surface area contributed by atoms with Gasteiger partial charge in [0, 0.05) is 111 Å². The maximum atomic E-state index is 12.2. The Kier molecular flexibility index (Phi) is 41.3. The summed E-state index contributed by atoms with van der Waals surface area (Å²) >= 11 is 33.9. The van der Waals surface area contributed by atoms with Crippen molar-refractivity contribution in [2.45, 2.75) is 40.0 Å². The lowest BCUT2D eigenvalue weighted by molar-refractivity contribution is -0.385. The highest BCUT2D eigenvalue weighted by molar-refractivity contribution is 9.10. The SMILES string of the molecule is CCC(=O)CN=Cc1ccc(-c2ccccc2)o1.Cc1ccc(C(=O)CN=Cc2ccc(-c3ccc(Br)cc3)o2)cc1.Cc1ccc(C(=O)CN=Cc2ccc(-c3ccc([N+](=O)[O-])cc3)o2)c(Cl)c1.O=C(CN=Cc1ccc(-c2ccc([N+](=O)[O-])cc2Cl)o1)Cc1ccccc1.O=C(CN=Cc1ccc(-c2ccc([N+](=O)[O-])cc2Cl)o1)Cc1ccccc1.O=C(CN=Cc1ccc(-c2cccc(Cl)c2Cl)o1)c1ccccn1. The number of hydrogen-bond acceptors (Lipinski definition) is 25. The molecule has 0 aliphatic rings. The first-order valence-electron chi connectivity index (χ1n) is 45.0. The quantitative estimate of drug-likeness (QED) is 0.0154.